The van der Waals surface area contributed by atoms with E-state index in [0.29, 0.717) is 5.56 Å². The van der Waals surface area contributed by atoms with E-state index in [-0.39, 0.29) is 17.1 Å². The maximum Gasteiger partial charge on any atom is 0.197 e. The molecule has 0 fully saturated rings. The van der Waals surface area contributed by atoms with Gasteiger partial charge in [-0.05, 0) is 31.4 Å². The monoisotopic (exact) mass is 220 g/mol. The summed E-state index contributed by atoms with van der Waals surface area (Å²) in [5.41, 5.74) is 0.787. The number of ketones is 2. The summed E-state index contributed by atoms with van der Waals surface area (Å²) in [6.45, 7) is 6.92. The van der Waals surface area contributed by atoms with Crippen molar-refractivity contribution in [3.05, 3.63) is 46.2 Å². The van der Waals surface area contributed by atoms with Crippen LogP contribution in [0.4, 0.5) is 0 Å². The van der Waals surface area contributed by atoms with Gasteiger partial charge in [-0.1, -0.05) is 12.7 Å². The molecule has 1 aromatic rings. The predicted molar refractivity (Wildman–Crippen MR) is 62.3 cm³/mol. The fourth-order valence-electron chi connectivity index (χ4n) is 1.26. The Labute approximate surface area is 92.9 Å². The Hall–Kier alpha value is -1.48. The summed E-state index contributed by atoms with van der Waals surface area (Å²) < 4.78 is 0. The van der Waals surface area contributed by atoms with Crippen molar-refractivity contribution in [2.24, 2.45) is 0 Å². The predicted octanol–water partition coefficient (Wildman–Crippen LogP) is 2.94. The van der Waals surface area contributed by atoms with Crippen LogP contribution in [0.2, 0.25) is 0 Å². The number of hydrogen-bond donors (Lipinski definition) is 0. The van der Waals surface area contributed by atoms with Gasteiger partial charge in [0.2, 0.25) is 0 Å². The molecule has 0 aliphatic heterocycles. The molecule has 2 nitrogen and oxygen atoms in total. The van der Waals surface area contributed by atoms with Gasteiger partial charge in [-0.15, -0.1) is 11.3 Å². The fraction of sp³-hybridized carbons (Fsp3) is 0.167. The van der Waals surface area contributed by atoms with Crippen molar-refractivity contribution in [2.75, 3.05) is 0 Å². The summed E-state index contributed by atoms with van der Waals surface area (Å²) in [5, 5.41) is 1.84. The van der Waals surface area contributed by atoms with Gasteiger partial charge in [0.25, 0.3) is 0 Å². The quantitative estimate of drug-likeness (QED) is 0.338. The van der Waals surface area contributed by atoms with Gasteiger partial charge in [-0.25, -0.2) is 0 Å². The maximum absolute atomic E-state index is 11.9. The van der Waals surface area contributed by atoms with Crippen LogP contribution in [0.15, 0.2) is 35.8 Å². The van der Waals surface area contributed by atoms with E-state index in [1.165, 1.54) is 17.4 Å². The summed E-state index contributed by atoms with van der Waals surface area (Å²) in [5.74, 6) is -0.547. The van der Waals surface area contributed by atoms with Gasteiger partial charge in [0, 0.05) is 10.4 Å². The first kappa shape index (κ1) is 11.6. The van der Waals surface area contributed by atoms with E-state index in [9.17, 15) is 9.59 Å². The third-order valence-corrected chi connectivity index (χ3v) is 2.93. The van der Waals surface area contributed by atoms with Gasteiger partial charge in [-0.3, -0.25) is 9.59 Å². The van der Waals surface area contributed by atoms with Crippen molar-refractivity contribution in [2.45, 2.75) is 13.8 Å². The Morgan fingerprint density at radius 2 is 2.13 bits per heavy atom. The zero-order valence-corrected chi connectivity index (χ0v) is 9.56. The largest absolute Gasteiger partial charge is 0.289 e. The summed E-state index contributed by atoms with van der Waals surface area (Å²) in [7, 11) is 0. The molecule has 0 saturated carbocycles. The Balaban J connectivity index is 3.09. The molecule has 0 aliphatic rings. The zero-order chi connectivity index (χ0) is 11.4. The third kappa shape index (κ3) is 2.30. The normalized spacial score (nSPS) is 11.2. The molecule has 0 amide bonds. The lowest BCUT2D eigenvalue weighted by atomic mass is 10.0. The first-order valence-electron chi connectivity index (χ1n) is 4.53. The molecule has 1 rings (SSSR count). The van der Waals surface area contributed by atoms with Gasteiger partial charge in [0.15, 0.2) is 11.6 Å². The van der Waals surface area contributed by atoms with Crippen LogP contribution in [-0.2, 0) is 4.79 Å². The first-order chi connectivity index (χ1) is 7.11. The van der Waals surface area contributed by atoms with E-state index >= 15 is 0 Å². The molecule has 3 heteroatoms. The zero-order valence-electron chi connectivity index (χ0n) is 8.74. The van der Waals surface area contributed by atoms with Crippen LogP contribution in [0.5, 0.6) is 0 Å². The van der Waals surface area contributed by atoms with Crippen LogP contribution in [0.1, 0.15) is 22.2 Å². The highest BCUT2D eigenvalue weighted by Crippen LogP contribution is 2.19. The van der Waals surface area contributed by atoms with Crippen molar-refractivity contribution in [3.63, 3.8) is 0 Å². The average molecular weight is 220 g/mol. The number of allylic oxidation sites excluding steroid dienone is 3. The summed E-state index contributed by atoms with van der Waals surface area (Å²) in [6.07, 6.45) is 2.69. The number of thiophene rings is 1. The highest BCUT2D eigenvalue weighted by atomic mass is 32.1. The minimum Gasteiger partial charge on any atom is -0.289 e. The van der Waals surface area contributed by atoms with E-state index in [0.717, 1.165) is 11.0 Å². The highest BCUT2D eigenvalue weighted by molar-refractivity contribution is 7.10. The second-order valence-electron chi connectivity index (χ2n) is 2.99. The Kier molecular flexibility index (Phi) is 3.74. The molecule has 15 heavy (non-hydrogen) atoms. The molecule has 1 heterocycles. The van der Waals surface area contributed by atoms with E-state index in [1.54, 1.807) is 13.0 Å². The number of carbonyl (C=O) groups is 2. The lowest BCUT2D eigenvalue weighted by molar-refractivity contribution is -0.111. The number of rotatable bonds is 4. The standard InChI is InChI=1S/C12H12O2S/c1-4-9(11(13)5-2)12(14)10-6-7-15-8(10)3/h4-7H,2H2,1,3H3/b9-4-. The summed E-state index contributed by atoms with van der Waals surface area (Å²) in [4.78, 5) is 24.2. The SMILES string of the molecule is C=CC(=O)/C(=C/C)C(=O)c1ccsc1C. The lowest BCUT2D eigenvalue weighted by Gasteiger charge is -2.01. The molecule has 0 N–H and O–H groups in total. The maximum atomic E-state index is 11.9. The molecule has 0 unspecified atom stereocenters. The molecule has 0 radical (unpaired) electrons. The van der Waals surface area contributed by atoms with Crippen molar-refractivity contribution in [1.29, 1.82) is 0 Å². The smallest absolute Gasteiger partial charge is 0.197 e. The molecule has 78 valence electrons. The van der Waals surface area contributed by atoms with Crippen LogP contribution in [-0.4, -0.2) is 11.6 Å². The molecule has 0 aromatic carbocycles. The lowest BCUT2D eigenvalue weighted by Crippen LogP contribution is -2.11. The Bertz CT molecular complexity index is 438. The van der Waals surface area contributed by atoms with E-state index in [4.69, 9.17) is 0 Å². The van der Waals surface area contributed by atoms with Gasteiger partial charge in [0.05, 0.1) is 5.57 Å². The average Bonchev–Trinajstić information content (AvgIpc) is 2.65. The Morgan fingerprint density at radius 1 is 1.47 bits per heavy atom. The van der Waals surface area contributed by atoms with Gasteiger partial charge < -0.3 is 0 Å². The van der Waals surface area contributed by atoms with Crippen molar-refractivity contribution < 1.29 is 9.59 Å². The van der Waals surface area contributed by atoms with E-state index in [1.807, 2.05) is 12.3 Å². The highest BCUT2D eigenvalue weighted by Gasteiger charge is 2.18. The van der Waals surface area contributed by atoms with Crippen molar-refractivity contribution in [3.8, 4) is 0 Å². The second kappa shape index (κ2) is 4.84. The van der Waals surface area contributed by atoms with E-state index in [2.05, 4.69) is 6.58 Å². The van der Waals surface area contributed by atoms with Crippen LogP contribution in [0.25, 0.3) is 0 Å². The molecule has 0 bridgehead atoms. The summed E-state index contributed by atoms with van der Waals surface area (Å²) in [6, 6.07) is 1.74. The number of carbonyl (C=O) groups excluding carboxylic acids is 2. The number of hydrogen-bond acceptors (Lipinski definition) is 3. The fourth-order valence-corrected chi connectivity index (χ4v) is 1.96. The summed E-state index contributed by atoms with van der Waals surface area (Å²) >= 11 is 1.49. The van der Waals surface area contributed by atoms with Crippen molar-refractivity contribution in [1.82, 2.24) is 0 Å². The van der Waals surface area contributed by atoms with Crippen molar-refractivity contribution >= 4 is 22.9 Å². The van der Waals surface area contributed by atoms with Gasteiger partial charge >= 0.3 is 0 Å². The first-order valence-corrected chi connectivity index (χ1v) is 5.41. The molecule has 0 atom stereocenters. The van der Waals surface area contributed by atoms with E-state index < -0.39 is 0 Å². The third-order valence-electron chi connectivity index (χ3n) is 2.09. The van der Waals surface area contributed by atoms with Gasteiger partial charge in [-0.2, -0.15) is 0 Å². The van der Waals surface area contributed by atoms with Crippen LogP contribution < -0.4 is 0 Å². The topological polar surface area (TPSA) is 34.1 Å². The minimum absolute atomic E-state index is 0.187. The molecule has 0 spiro atoms. The van der Waals surface area contributed by atoms with Gasteiger partial charge in [0.1, 0.15) is 0 Å². The molecular formula is C12H12O2S. The molecule has 1 aromatic heterocycles. The van der Waals surface area contributed by atoms with Crippen LogP contribution in [0, 0.1) is 6.92 Å². The number of aryl methyl sites for hydroxylation is 1. The number of Topliss-reactive ketones (excluding diaryl/α,β-unsaturated/α-hetero) is 1. The molecule has 0 aliphatic carbocycles. The second-order valence-corrected chi connectivity index (χ2v) is 4.11. The van der Waals surface area contributed by atoms with Crippen LogP contribution in [0.3, 0.4) is 0 Å². The molecule has 0 saturated heterocycles. The minimum atomic E-state index is -0.326. The van der Waals surface area contributed by atoms with Crippen LogP contribution >= 0.6 is 11.3 Å². The molecular weight excluding hydrogens is 208 g/mol. The Morgan fingerprint density at radius 3 is 2.53 bits per heavy atom.